The lowest BCUT2D eigenvalue weighted by molar-refractivity contribution is 0.157. The highest BCUT2D eigenvalue weighted by atomic mass is 32.2. The van der Waals surface area contributed by atoms with Crippen LogP contribution in [0.15, 0.2) is 59.8 Å². The number of rotatable bonds is 9. The number of carbonyl (C=O) groups excluding carboxylic acids is 1. The van der Waals surface area contributed by atoms with Gasteiger partial charge in [0.25, 0.3) is 0 Å². The van der Waals surface area contributed by atoms with E-state index < -0.39 is 16.2 Å². The lowest BCUT2D eigenvalue weighted by atomic mass is 10.1. The summed E-state index contributed by atoms with van der Waals surface area (Å²) in [5.41, 5.74) is 6.05. The van der Waals surface area contributed by atoms with E-state index >= 15 is 0 Å². The van der Waals surface area contributed by atoms with E-state index in [0.717, 1.165) is 0 Å². The molecule has 2 aromatic heterocycles. The van der Waals surface area contributed by atoms with Gasteiger partial charge < -0.3 is 19.2 Å². The summed E-state index contributed by atoms with van der Waals surface area (Å²) in [4.78, 5) is 19.8. The lowest BCUT2D eigenvalue weighted by Gasteiger charge is -2.14. The minimum absolute atomic E-state index is 0.0366. The fourth-order valence-corrected chi connectivity index (χ4v) is 4.46. The van der Waals surface area contributed by atoms with Gasteiger partial charge in [-0.3, -0.25) is 4.98 Å². The lowest BCUT2D eigenvalue weighted by Crippen LogP contribution is -2.20. The molecule has 3 rings (SSSR count). The first-order chi connectivity index (χ1) is 14.8. The van der Waals surface area contributed by atoms with E-state index in [1.54, 1.807) is 53.2 Å². The number of aromatic nitrogens is 3. The molecule has 0 atom stereocenters. The number of nitrogens with zero attached hydrogens (tertiary/aromatic N) is 3. The predicted molar refractivity (Wildman–Crippen MR) is 113 cm³/mol. The SMILES string of the molecule is CC(C)c1nc(CCOC(N)=O)n(Cc2ccccn2)c1S(=O)(=O)Oc1ccccc1. The maximum absolute atomic E-state index is 13.3. The third kappa shape index (κ3) is 5.60. The fourth-order valence-electron chi connectivity index (χ4n) is 3.03. The standard InChI is InChI=1S/C21H24N4O5S/c1-15(2)19-20(31(27,28)30-17-9-4-3-5-10-17)25(14-16-8-6-7-12-23-16)18(24-19)11-13-29-21(22)26/h3-10,12,15H,11,13-14H2,1-2H3,(H2,22,26). The van der Waals surface area contributed by atoms with Gasteiger partial charge in [0, 0.05) is 12.6 Å². The summed E-state index contributed by atoms with van der Waals surface area (Å²) < 4.78 is 38.4. The maximum Gasteiger partial charge on any atom is 0.404 e. The summed E-state index contributed by atoms with van der Waals surface area (Å²) in [7, 11) is -4.22. The van der Waals surface area contributed by atoms with Crippen molar-refractivity contribution in [2.24, 2.45) is 5.73 Å². The Balaban J connectivity index is 2.09. The Morgan fingerprint density at radius 3 is 2.45 bits per heavy atom. The number of hydrogen-bond donors (Lipinski definition) is 1. The van der Waals surface area contributed by atoms with Gasteiger partial charge >= 0.3 is 16.2 Å². The van der Waals surface area contributed by atoms with Crippen molar-refractivity contribution in [1.82, 2.24) is 14.5 Å². The highest BCUT2D eigenvalue weighted by Crippen LogP contribution is 2.28. The molecule has 0 aliphatic rings. The Kier molecular flexibility index (Phi) is 6.91. The minimum Gasteiger partial charge on any atom is -0.449 e. The summed E-state index contributed by atoms with van der Waals surface area (Å²) in [6.07, 6.45) is 0.892. The van der Waals surface area contributed by atoms with Crippen molar-refractivity contribution in [3.8, 4) is 5.75 Å². The van der Waals surface area contributed by atoms with E-state index in [0.29, 0.717) is 17.2 Å². The van der Waals surface area contributed by atoms with Crippen LogP contribution in [0.25, 0.3) is 0 Å². The number of para-hydroxylation sites is 1. The summed E-state index contributed by atoms with van der Waals surface area (Å²) in [5.74, 6) is 0.414. The first-order valence-electron chi connectivity index (χ1n) is 9.69. The Bertz CT molecular complexity index is 1130. The van der Waals surface area contributed by atoms with E-state index in [1.165, 1.54) is 0 Å². The molecule has 0 aliphatic carbocycles. The van der Waals surface area contributed by atoms with Gasteiger partial charge in [-0.25, -0.2) is 9.78 Å². The number of pyridine rings is 1. The number of amides is 1. The Morgan fingerprint density at radius 1 is 1.13 bits per heavy atom. The first-order valence-corrected chi connectivity index (χ1v) is 11.1. The average molecular weight is 445 g/mol. The number of benzene rings is 1. The van der Waals surface area contributed by atoms with Crippen LogP contribution in [-0.2, 0) is 27.8 Å². The molecule has 9 nitrogen and oxygen atoms in total. The van der Waals surface area contributed by atoms with Crippen LogP contribution in [0.3, 0.4) is 0 Å². The summed E-state index contributed by atoms with van der Waals surface area (Å²) in [6.45, 7) is 3.81. The van der Waals surface area contributed by atoms with E-state index in [4.69, 9.17) is 14.7 Å². The van der Waals surface area contributed by atoms with Crippen LogP contribution in [0.2, 0.25) is 0 Å². The molecule has 0 fully saturated rings. The van der Waals surface area contributed by atoms with E-state index in [2.05, 4.69) is 9.97 Å². The molecule has 0 saturated carbocycles. The quantitative estimate of drug-likeness (QED) is 0.503. The number of imidazole rings is 1. The highest BCUT2D eigenvalue weighted by Gasteiger charge is 2.31. The molecule has 1 aromatic carbocycles. The van der Waals surface area contributed by atoms with Gasteiger partial charge in [-0.1, -0.05) is 38.1 Å². The van der Waals surface area contributed by atoms with Gasteiger partial charge in [0.05, 0.1) is 17.9 Å². The van der Waals surface area contributed by atoms with Gasteiger partial charge in [0.2, 0.25) is 0 Å². The number of primary amides is 1. The van der Waals surface area contributed by atoms with Crippen molar-refractivity contribution in [3.63, 3.8) is 0 Å². The van der Waals surface area contributed by atoms with Crippen LogP contribution in [0.1, 0.15) is 37.0 Å². The molecule has 3 aromatic rings. The van der Waals surface area contributed by atoms with Gasteiger partial charge in [-0.2, -0.15) is 8.42 Å². The normalized spacial score (nSPS) is 11.5. The molecule has 31 heavy (non-hydrogen) atoms. The molecule has 0 radical (unpaired) electrons. The Hall–Kier alpha value is -3.40. The Morgan fingerprint density at radius 2 is 1.84 bits per heavy atom. The highest BCUT2D eigenvalue weighted by molar-refractivity contribution is 7.87. The van der Waals surface area contributed by atoms with Crippen LogP contribution in [0, 0.1) is 0 Å². The first kappa shape index (κ1) is 22.3. The van der Waals surface area contributed by atoms with Crippen molar-refractivity contribution in [3.05, 3.63) is 71.9 Å². The third-order valence-corrected chi connectivity index (χ3v) is 5.69. The number of hydrogen-bond acceptors (Lipinski definition) is 7. The zero-order chi connectivity index (χ0) is 22.4. The van der Waals surface area contributed by atoms with Gasteiger partial charge in [-0.15, -0.1) is 0 Å². The molecule has 2 N–H and O–H groups in total. The molecule has 0 spiro atoms. The van der Waals surface area contributed by atoms with Crippen molar-refractivity contribution >= 4 is 16.2 Å². The monoisotopic (exact) mass is 444 g/mol. The minimum atomic E-state index is -4.22. The molecule has 0 saturated heterocycles. The molecule has 0 aliphatic heterocycles. The predicted octanol–water partition coefficient (Wildman–Crippen LogP) is 2.86. The van der Waals surface area contributed by atoms with Crippen molar-refractivity contribution in [2.75, 3.05) is 6.61 Å². The number of nitrogens with two attached hydrogens (primary N) is 1. The zero-order valence-electron chi connectivity index (χ0n) is 17.3. The molecule has 2 heterocycles. The second-order valence-electron chi connectivity index (χ2n) is 7.05. The van der Waals surface area contributed by atoms with Gasteiger partial charge in [0.15, 0.2) is 5.03 Å². The van der Waals surface area contributed by atoms with Gasteiger partial charge in [0.1, 0.15) is 18.2 Å². The van der Waals surface area contributed by atoms with Crippen molar-refractivity contribution < 1.29 is 22.1 Å². The van der Waals surface area contributed by atoms with Crippen molar-refractivity contribution in [1.29, 1.82) is 0 Å². The molecule has 10 heteroatoms. The smallest absolute Gasteiger partial charge is 0.404 e. The summed E-state index contributed by atoms with van der Waals surface area (Å²) >= 11 is 0. The number of ether oxygens (including phenoxy) is 1. The summed E-state index contributed by atoms with van der Waals surface area (Å²) in [5, 5.41) is -0.0499. The second kappa shape index (κ2) is 9.61. The van der Waals surface area contributed by atoms with Crippen LogP contribution >= 0.6 is 0 Å². The molecular formula is C21H24N4O5S. The topological polar surface area (TPSA) is 126 Å². The summed E-state index contributed by atoms with van der Waals surface area (Å²) in [6, 6.07) is 13.6. The molecule has 1 amide bonds. The van der Waals surface area contributed by atoms with E-state index in [-0.39, 0.29) is 36.3 Å². The number of carbonyl (C=O) groups is 1. The molecule has 0 bridgehead atoms. The third-order valence-electron chi connectivity index (χ3n) is 4.37. The molecule has 0 unspecified atom stereocenters. The largest absolute Gasteiger partial charge is 0.449 e. The van der Waals surface area contributed by atoms with Crippen molar-refractivity contribution in [2.45, 2.75) is 37.8 Å². The Labute approximate surface area is 181 Å². The van der Waals surface area contributed by atoms with Crippen LogP contribution < -0.4 is 9.92 Å². The van der Waals surface area contributed by atoms with Crippen LogP contribution in [0.5, 0.6) is 5.75 Å². The molecule has 164 valence electrons. The van der Waals surface area contributed by atoms with E-state index in [9.17, 15) is 13.2 Å². The van der Waals surface area contributed by atoms with Gasteiger partial charge in [-0.05, 0) is 30.2 Å². The zero-order valence-corrected chi connectivity index (χ0v) is 18.1. The van der Waals surface area contributed by atoms with Crippen LogP contribution in [0.4, 0.5) is 4.79 Å². The average Bonchev–Trinajstić information content (AvgIpc) is 3.08. The fraction of sp³-hybridized carbons (Fsp3) is 0.286. The second-order valence-corrected chi connectivity index (χ2v) is 8.51. The van der Waals surface area contributed by atoms with Crippen LogP contribution in [-0.4, -0.2) is 35.7 Å². The molecular weight excluding hydrogens is 420 g/mol. The van der Waals surface area contributed by atoms with E-state index in [1.807, 2.05) is 19.9 Å². The maximum atomic E-state index is 13.3.